The van der Waals surface area contributed by atoms with Crippen LogP contribution in [0.15, 0.2) is 35.5 Å². The van der Waals surface area contributed by atoms with E-state index in [1.807, 2.05) is 0 Å². The topological polar surface area (TPSA) is 115 Å². The molecule has 2 aromatic heterocycles. The quantitative estimate of drug-likeness (QED) is 0.527. The number of nitrogens with zero attached hydrogens (tertiary/aromatic N) is 3. The molecular formula is C9H12N6O2S. The predicted octanol–water partition coefficient (Wildman–Crippen LogP) is -0.0985. The number of hydrogen-bond acceptors (Lipinski definition) is 6. The van der Waals surface area contributed by atoms with Crippen LogP contribution in [-0.4, -0.2) is 23.2 Å². The molecule has 0 aliphatic carbocycles. The Labute approximate surface area is 104 Å². The van der Waals surface area contributed by atoms with Crippen LogP contribution >= 0.6 is 0 Å². The summed E-state index contributed by atoms with van der Waals surface area (Å²) in [5, 5.41) is 3.93. The molecule has 2 heterocycles. The van der Waals surface area contributed by atoms with E-state index in [1.165, 1.54) is 23.0 Å². The second kappa shape index (κ2) is 4.63. The summed E-state index contributed by atoms with van der Waals surface area (Å²) in [6.07, 6.45) is 2.85. The number of nitrogens with two attached hydrogens (primary N) is 1. The van der Waals surface area contributed by atoms with E-state index in [4.69, 9.17) is 5.84 Å². The summed E-state index contributed by atoms with van der Waals surface area (Å²) < 4.78 is 27.8. The summed E-state index contributed by atoms with van der Waals surface area (Å²) in [5.41, 5.74) is 2.32. The lowest BCUT2D eigenvalue weighted by atomic mass is 10.5. The van der Waals surface area contributed by atoms with Gasteiger partial charge in [0, 0.05) is 25.5 Å². The lowest BCUT2D eigenvalue weighted by Gasteiger charge is -2.05. The van der Waals surface area contributed by atoms with E-state index in [0.717, 1.165) is 0 Å². The molecule has 0 atom stereocenters. The van der Waals surface area contributed by atoms with Gasteiger partial charge in [-0.25, -0.2) is 19.2 Å². The van der Waals surface area contributed by atoms with Gasteiger partial charge in [0.25, 0.3) is 10.0 Å². The van der Waals surface area contributed by atoms with Crippen LogP contribution in [0.1, 0.15) is 0 Å². The number of rotatable bonds is 4. The Morgan fingerprint density at radius 3 is 2.56 bits per heavy atom. The second-order valence-corrected chi connectivity index (χ2v) is 5.19. The predicted molar refractivity (Wildman–Crippen MR) is 66.1 cm³/mol. The maximum Gasteiger partial charge on any atom is 0.264 e. The van der Waals surface area contributed by atoms with Crippen LogP contribution in [0.2, 0.25) is 0 Å². The van der Waals surface area contributed by atoms with Crippen molar-refractivity contribution in [3.8, 4) is 0 Å². The highest BCUT2D eigenvalue weighted by molar-refractivity contribution is 7.92. The van der Waals surface area contributed by atoms with E-state index in [1.54, 1.807) is 19.3 Å². The van der Waals surface area contributed by atoms with Crippen LogP contribution in [0.25, 0.3) is 0 Å². The SMILES string of the molecule is Cn1ccc(NS(=O)(=O)c2ccc(NN)nc2)n1. The van der Waals surface area contributed by atoms with E-state index in [0.29, 0.717) is 5.82 Å². The molecule has 18 heavy (non-hydrogen) atoms. The minimum atomic E-state index is -3.68. The molecule has 0 fully saturated rings. The number of nitrogens with one attached hydrogen (secondary N) is 2. The first-order chi connectivity index (χ1) is 8.51. The molecule has 0 aromatic carbocycles. The largest absolute Gasteiger partial charge is 0.308 e. The second-order valence-electron chi connectivity index (χ2n) is 3.50. The standard InChI is InChI=1S/C9H12N6O2S/c1-15-5-4-9(13-15)14-18(16,17)7-2-3-8(12-10)11-6-7/h2-6H,10H2,1H3,(H,11,12)(H,13,14). The zero-order valence-corrected chi connectivity index (χ0v) is 10.3. The summed E-state index contributed by atoms with van der Waals surface area (Å²) in [7, 11) is -1.99. The first kappa shape index (κ1) is 12.3. The maximum atomic E-state index is 12.0. The van der Waals surface area contributed by atoms with Crippen LogP contribution in [0.3, 0.4) is 0 Å². The highest BCUT2D eigenvalue weighted by Gasteiger charge is 2.15. The Hall–Kier alpha value is -2.13. The van der Waals surface area contributed by atoms with Crippen molar-refractivity contribution in [2.75, 3.05) is 10.1 Å². The number of sulfonamides is 1. The lowest BCUT2D eigenvalue weighted by Crippen LogP contribution is -2.14. The minimum absolute atomic E-state index is 0.0344. The molecule has 0 aliphatic heterocycles. The fourth-order valence-electron chi connectivity index (χ4n) is 1.29. The molecule has 2 rings (SSSR count). The number of hydrogen-bond donors (Lipinski definition) is 3. The Morgan fingerprint density at radius 1 is 1.28 bits per heavy atom. The van der Waals surface area contributed by atoms with Crippen LogP contribution in [0.5, 0.6) is 0 Å². The number of pyridine rings is 1. The third-order valence-electron chi connectivity index (χ3n) is 2.15. The Kier molecular flexibility index (Phi) is 3.17. The zero-order chi connectivity index (χ0) is 13.2. The van der Waals surface area contributed by atoms with Crippen molar-refractivity contribution in [1.82, 2.24) is 14.8 Å². The number of aryl methyl sites for hydroxylation is 1. The van der Waals surface area contributed by atoms with Crippen molar-refractivity contribution in [3.63, 3.8) is 0 Å². The third kappa shape index (κ3) is 2.57. The van der Waals surface area contributed by atoms with E-state index < -0.39 is 10.0 Å². The van der Waals surface area contributed by atoms with Crippen molar-refractivity contribution in [2.45, 2.75) is 4.90 Å². The maximum absolute atomic E-state index is 12.0. The normalized spacial score (nSPS) is 11.2. The summed E-state index contributed by atoms with van der Waals surface area (Å²) in [6, 6.07) is 4.42. The Bertz CT molecular complexity index is 633. The molecule has 9 heteroatoms. The average molecular weight is 268 g/mol. The van der Waals surface area contributed by atoms with Gasteiger partial charge in [0.1, 0.15) is 10.7 Å². The van der Waals surface area contributed by atoms with Crippen LogP contribution in [-0.2, 0) is 17.1 Å². The monoisotopic (exact) mass is 268 g/mol. The van der Waals surface area contributed by atoms with E-state index >= 15 is 0 Å². The van der Waals surface area contributed by atoms with Crippen LogP contribution in [0, 0.1) is 0 Å². The van der Waals surface area contributed by atoms with Crippen molar-refractivity contribution < 1.29 is 8.42 Å². The molecule has 0 saturated carbocycles. The number of aromatic nitrogens is 3. The highest BCUT2D eigenvalue weighted by atomic mass is 32.2. The molecule has 0 radical (unpaired) electrons. The van der Waals surface area contributed by atoms with Crippen molar-refractivity contribution >= 4 is 21.7 Å². The number of hydrazine groups is 1. The van der Waals surface area contributed by atoms with E-state index in [2.05, 4.69) is 20.2 Å². The average Bonchev–Trinajstić information content (AvgIpc) is 2.74. The minimum Gasteiger partial charge on any atom is -0.308 e. The van der Waals surface area contributed by atoms with Crippen molar-refractivity contribution in [3.05, 3.63) is 30.6 Å². The molecule has 0 amide bonds. The van der Waals surface area contributed by atoms with E-state index in [-0.39, 0.29) is 10.7 Å². The van der Waals surface area contributed by atoms with Crippen LogP contribution < -0.4 is 16.0 Å². The van der Waals surface area contributed by atoms with Gasteiger partial charge in [0.15, 0.2) is 5.82 Å². The number of nitrogen functional groups attached to an aromatic ring is 1. The van der Waals surface area contributed by atoms with Crippen molar-refractivity contribution in [1.29, 1.82) is 0 Å². The van der Waals surface area contributed by atoms with Gasteiger partial charge in [-0.05, 0) is 12.1 Å². The molecular weight excluding hydrogens is 256 g/mol. The van der Waals surface area contributed by atoms with Gasteiger partial charge in [-0.3, -0.25) is 9.40 Å². The molecule has 0 aliphatic rings. The molecule has 0 bridgehead atoms. The van der Waals surface area contributed by atoms with Gasteiger partial charge in [-0.15, -0.1) is 0 Å². The van der Waals surface area contributed by atoms with Gasteiger partial charge in [0.05, 0.1) is 0 Å². The van der Waals surface area contributed by atoms with E-state index in [9.17, 15) is 8.42 Å². The molecule has 0 spiro atoms. The Morgan fingerprint density at radius 2 is 2.06 bits per heavy atom. The fraction of sp³-hybridized carbons (Fsp3) is 0.111. The smallest absolute Gasteiger partial charge is 0.264 e. The molecule has 4 N–H and O–H groups in total. The fourth-order valence-corrected chi connectivity index (χ4v) is 2.23. The lowest BCUT2D eigenvalue weighted by molar-refractivity contribution is 0.600. The first-order valence-corrected chi connectivity index (χ1v) is 6.45. The zero-order valence-electron chi connectivity index (χ0n) is 9.53. The number of anilines is 2. The van der Waals surface area contributed by atoms with Crippen molar-refractivity contribution in [2.24, 2.45) is 12.9 Å². The van der Waals surface area contributed by atoms with Gasteiger partial charge in [-0.1, -0.05) is 0 Å². The molecule has 96 valence electrons. The first-order valence-electron chi connectivity index (χ1n) is 4.96. The third-order valence-corrected chi connectivity index (χ3v) is 3.49. The van der Waals surface area contributed by atoms with Gasteiger partial charge in [-0.2, -0.15) is 5.10 Å². The van der Waals surface area contributed by atoms with Crippen LogP contribution in [0.4, 0.5) is 11.6 Å². The molecule has 0 saturated heterocycles. The molecule has 0 unspecified atom stereocenters. The summed E-state index contributed by atoms with van der Waals surface area (Å²) in [6.45, 7) is 0. The summed E-state index contributed by atoms with van der Waals surface area (Å²) in [4.78, 5) is 3.86. The summed E-state index contributed by atoms with van der Waals surface area (Å²) in [5.74, 6) is 5.77. The van der Waals surface area contributed by atoms with Gasteiger partial charge >= 0.3 is 0 Å². The highest BCUT2D eigenvalue weighted by Crippen LogP contribution is 2.14. The molecule has 8 nitrogen and oxygen atoms in total. The molecule has 2 aromatic rings. The van der Waals surface area contributed by atoms with Gasteiger partial charge < -0.3 is 5.43 Å². The Balaban J connectivity index is 2.24. The summed E-state index contributed by atoms with van der Waals surface area (Å²) >= 11 is 0. The van der Waals surface area contributed by atoms with Gasteiger partial charge in [0.2, 0.25) is 0 Å².